The second kappa shape index (κ2) is 5.02. The quantitative estimate of drug-likeness (QED) is 0.819. The Morgan fingerprint density at radius 3 is 2.79 bits per heavy atom. The summed E-state index contributed by atoms with van der Waals surface area (Å²) >= 11 is 9.32. The number of aromatic nitrogens is 1. The molecule has 0 saturated heterocycles. The maximum Gasteiger partial charge on any atom is 0.415 e. The Hall–Kier alpha value is -1.27. The lowest BCUT2D eigenvalue weighted by molar-refractivity contribution is 0.0632. The summed E-state index contributed by atoms with van der Waals surface area (Å²) in [6, 6.07) is 3.47. The molecule has 1 heterocycles. The standard InChI is InChI=1S/C12H12BrClN2O3/c1-12(2,3)19-11(17)16-10-15-8-5-6(13)4-7(14)9(8)18-10/h4-5H,1-3H3,(H,15,16,17). The van der Waals surface area contributed by atoms with Crippen LogP contribution >= 0.6 is 27.5 Å². The highest BCUT2D eigenvalue weighted by atomic mass is 79.9. The van der Waals surface area contributed by atoms with Gasteiger partial charge >= 0.3 is 12.1 Å². The van der Waals surface area contributed by atoms with Gasteiger partial charge in [-0.1, -0.05) is 27.5 Å². The van der Waals surface area contributed by atoms with E-state index in [1.807, 2.05) is 0 Å². The molecule has 2 aromatic rings. The Kier molecular flexibility index (Phi) is 3.73. The summed E-state index contributed by atoms with van der Waals surface area (Å²) in [4.78, 5) is 15.7. The second-order valence-corrected chi connectivity index (χ2v) is 6.20. The van der Waals surface area contributed by atoms with E-state index in [1.165, 1.54) is 0 Å². The van der Waals surface area contributed by atoms with E-state index in [0.717, 1.165) is 4.47 Å². The summed E-state index contributed by atoms with van der Waals surface area (Å²) < 4.78 is 11.2. The molecule has 0 atom stereocenters. The number of anilines is 1. The van der Waals surface area contributed by atoms with Gasteiger partial charge in [-0.25, -0.2) is 10.1 Å². The number of hydrogen-bond donors (Lipinski definition) is 1. The maximum absolute atomic E-state index is 11.6. The van der Waals surface area contributed by atoms with E-state index in [-0.39, 0.29) is 6.01 Å². The van der Waals surface area contributed by atoms with Crippen molar-refractivity contribution in [3.05, 3.63) is 21.6 Å². The number of nitrogens with one attached hydrogen (secondary N) is 1. The summed E-state index contributed by atoms with van der Waals surface area (Å²) in [5.41, 5.74) is 0.373. The lowest BCUT2D eigenvalue weighted by Gasteiger charge is -2.18. The van der Waals surface area contributed by atoms with Crippen LogP contribution in [0.2, 0.25) is 5.02 Å². The normalized spacial score (nSPS) is 11.6. The molecule has 19 heavy (non-hydrogen) atoms. The molecule has 0 aliphatic heterocycles. The number of rotatable bonds is 1. The van der Waals surface area contributed by atoms with Crippen LogP contribution in [-0.4, -0.2) is 16.7 Å². The van der Waals surface area contributed by atoms with Crippen molar-refractivity contribution < 1.29 is 13.9 Å². The Morgan fingerprint density at radius 1 is 1.47 bits per heavy atom. The first kappa shape index (κ1) is 14.1. The minimum atomic E-state index is -0.630. The Labute approximate surface area is 123 Å². The molecule has 7 heteroatoms. The Morgan fingerprint density at radius 2 is 2.16 bits per heavy atom. The van der Waals surface area contributed by atoms with Crippen molar-refractivity contribution in [1.29, 1.82) is 0 Å². The van der Waals surface area contributed by atoms with Crippen molar-refractivity contribution >= 4 is 50.7 Å². The highest BCUT2D eigenvalue weighted by Crippen LogP contribution is 2.30. The zero-order valence-corrected chi connectivity index (χ0v) is 12.9. The van der Waals surface area contributed by atoms with Gasteiger partial charge in [-0.3, -0.25) is 0 Å². The highest BCUT2D eigenvalue weighted by molar-refractivity contribution is 9.10. The minimum absolute atomic E-state index is 0.0456. The molecule has 5 nitrogen and oxygen atoms in total. The molecule has 2 rings (SSSR count). The van der Waals surface area contributed by atoms with Crippen LogP contribution in [0, 0.1) is 0 Å². The molecule has 0 aliphatic carbocycles. The van der Waals surface area contributed by atoms with E-state index < -0.39 is 11.7 Å². The van der Waals surface area contributed by atoms with Crippen molar-refractivity contribution in [3.8, 4) is 0 Å². The largest absolute Gasteiger partial charge is 0.443 e. The number of ether oxygens (including phenoxy) is 1. The van der Waals surface area contributed by atoms with Gasteiger partial charge in [0.25, 0.3) is 0 Å². The topological polar surface area (TPSA) is 64.4 Å². The van der Waals surface area contributed by atoms with Crippen LogP contribution in [0.5, 0.6) is 0 Å². The van der Waals surface area contributed by atoms with Crippen LogP contribution in [-0.2, 0) is 4.74 Å². The smallest absolute Gasteiger partial charge is 0.415 e. The van der Waals surface area contributed by atoms with E-state index in [2.05, 4.69) is 26.2 Å². The number of fused-ring (bicyclic) bond motifs is 1. The monoisotopic (exact) mass is 346 g/mol. The first-order valence-electron chi connectivity index (χ1n) is 5.50. The van der Waals surface area contributed by atoms with Crippen LogP contribution in [0.3, 0.4) is 0 Å². The van der Waals surface area contributed by atoms with Gasteiger partial charge in [-0.15, -0.1) is 0 Å². The summed E-state index contributed by atoms with van der Waals surface area (Å²) in [5, 5.41) is 2.83. The van der Waals surface area contributed by atoms with Gasteiger partial charge in [0, 0.05) is 4.47 Å². The number of oxazole rings is 1. The molecular formula is C12H12BrClN2O3. The van der Waals surface area contributed by atoms with E-state index in [4.69, 9.17) is 20.8 Å². The summed E-state index contributed by atoms with van der Waals surface area (Å²) in [7, 11) is 0. The Bertz CT molecular complexity index is 634. The third-order valence-electron chi connectivity index (χ3n) is 2.02. The number of amides is 1. The van der Waals surface area contributed by atoms with Gasteiger partial charge in [0.05, 0.1) is 5.02 Å². The van der Waals surface area contributed by atoms with Crippen LogP contribution in [0.1, 0.15) is 20.8 Å². The number of carbonyl (C=O) groups excluding carboxylic acids is 1. The van der Waals surface area contributed by atoms with Crippen molar-refractivity contribution in [2.75, 3.05) is 5.32 Å². The molecule has 0 bridgehead atoms. The number of benzene rings is 1. The SMILES string of the molecule is CC(C)(C)OC(=O)Nc1nc2cc(Br)cc(Cl)c2o1. The first-order chi connectivity index (χ1) is 8.74. The summed E-state index contributed by atoms with van der Waals surface area (Å²) in [6.07, 6.45) is -0.630. The third-order valence-corrected chi connectivity index (χ3v) is 2.76. The van der Waals surface area contributed by atoms with E-state index >= 15 is 0 Å². The average Bonchev–Trinajstić information content (AvgIpc) is 2.56. The van der Waals surface area contributed by atoms with E-state index in [0.29, 0.717) is 16.1 Å². The van der Waals surface area contributed by atoms with E-state index in [9.17, 15) is 4.79 Å². The molecule has 0 aliphatic rings. The zero-order chi connectivity index (χ0) is 14.2. The van der Waals surface area contributed by atoms with Crippen molar-refractivity contribution in [2.24, 2.45) is 0 Å². The van der Waals surface area contributed by atoms with Gasteiger partial charge in [0.2, 0.25) is 0 Å². The maximum atomic E-state index is 11.6. The minimum Gasteiger partial charge on any atom is -0.443 e. The number of halogens is 2. The molecule has 1 amide bonds. The van der Waals surface area contributed by atoms with Gasteiger partial charge < -0.3 is 9.15 Å². The van der Waals surface area contributed by atoms with Gasteiger partial charge in [0.15, 0.2) is 5.58 Å². The summed E-state index contributed by atoms with van der Waals surface area (Å²) in [6.45, 7) is 5.31. The van der Waals surface area contributed by atoms with E-state index in [1.54, 1.807) is 32.9 Å². The molecule has 0 radical (unpaired) electrons. The van der Waals surface area contributed by atoms with Crippen molar-refractivity contribution in [1.82, 2.24) is 4.98 Å². The van der Waals surface area contributed by atoms with Crippen LogP contribution < -0.4 is 5.32 Å². The average molecular weight is 348 g/mol. The number of nitrogens with zero attached hydrogens (tertiary/aromatic N) is 1. The van der Waals surface area contributed by atoms with Crippen LogP contribution in [0.15, 0.2) is 21.0 Å². The molecule has 0 unspecified atom stereocenters. The zero-order valence-electron chi connectivity index (χ0n) is 10.6. The third kappa shape index (κ3) is 3.61. The molecule has 1 aromatic heterocycles. The first-order valence-corrected chi connectivity index (χ1v) is 6.67. The number of hydrogen-bond acceptors (Lipinski definition) is 4. The fourth-order valence-electron chi connectivity index (χ4n) is 1.40. The lowest BCUT2D eigenvalue weighted by atomic mass is 10.2. The lowest BCUT2D eigenvalue weighted by Crippen LogP contribution is -2.27. The molecule has 0 spiro atoms. The molecule has 1 N–H and O–H groups in total. The summed E-state index contributed by atoms with van der Waals surface area (Å²) in [5.74, 6) is 0. The van der Waals surface area contributed by atoms with Crippen molar-refractivity contribution in [3.63, 3.8) is 0 Å². The fourth-order valence-corrected chi connectivity index (χ4v) is 2.23. The van der Waals surface area contributed by atoms with Gasteiger partial charge in [-0.2, -0.15) is 4.98 Å². The number of carbonyl (C=O) groups is 1. The predicted molar refractivity (Wildman–Crippen MR) is 76.6 cm³/mol. The fraction of sp³-hybridized carbons (Fsp3) is 0.333. The van der Waals surface area contributed by atoms with Crippen LogP contribution in [0.25, 0.3) is 11.1 Å². The molecule has 0 fully saturated rings. The molecule has 0 saturated carbocycles. The van der Waals surface area contributed by atoms with Gasteiger partial charge in [-0.05, 0) is 32.9 Å². The Balaban J connectivity index is 2.23. The molecule has 1 aromatic carbocycles. The molecular weight excluding hydrogens is 336 g/mol. The molecule has 102 valence electrons. The second-order valence-electron chi connectivity index (χ2n) is 4.88. The van der Waals surface area contributed by atoms with Crippen molar-refractivity contribution in [2.45, 2.75) is 26.4 Å². The highest BCUT2D eigenvalue weighted by Gasteiger charge is 2.18. The van der Waals surface area contributed by atoms with Crippen LogP contribution in [0.4, 0.5) is 10.8 Å². The predicted octanol–water partition coefficient (Wildman–Crippen LogP) is 4.59. The van der Waals surface area contributed by atoms with Gasteiger partial charge in [0.1, 0.15) is 11.1 Å².